The second-order valence-corrected chi connectivity index (χ2v) is 6.11. The highest BCUT2D eigenvalue weighted by atomic mass is 32.1. The van der Waals surface area contributed by atoms with Crippen LogP contribution in [-0.2, 0) is 4.79 Å². The van der Waals surface area contributed by atoms with E-state index in [1.165, 1.54) is 11.3 Å². The van der Waals surface area contributed by atoms with Crippen molar-refractivity contribution in [3.05, 3.63) is 57.9 Å². The van der Waals surface area contributed by atoms with Crippen LogP contribution >= 0.6 is 11.3 Å². The van der Waals surface area contributed by atoms with Gasteiger partial charge < -0.3 is 10.3 Å². The number of H-pyrrole nitrogens is 1. The number of aryl methyl sites for hydroxylation is 1. The zero-order valence-electron chi connectivity index (χ0n) is 13.0. The maximum absolute atomic E-state index is 11.8. The summed E-state index contributed by atoms with van der Waals surface area (Å²) < 4.78 is 0. The fourth-order valence-corrected chi connectivity index (χ4v) is 2.97. The van der Waals surface area contributed by atoms with Crippen molar-refractivity contribution in [1.82, 2.24) is 15.7 Å². The fraction of sp³-hybridized carbons (Fsp3) is 0.118. The lowest BCUT2D eigenvalue weighted by molar-refractivity contribution is -0.120. The Kier molecular flexibility index (Phi) is 4.72. The number of nitrogens with one attached hydrogen (secondary N) is 3. The minimum Gasteiger partial charge on any atom is -0.358 e. The van der Waals surface area contributed by atoms with Crippen molar-refractivity contribution in [2.24, 2.45) is 5.10 Å². The van der Waals surface area contributed by atoms with Gasteiger partial charge in [-0.3, -0.25) is 9.59 Å². The topological polar surface area (TPSA) is 86.3 Å². The summed E-state index contributed by atoms with van der Waals surface area (Å²) in [6.07, 6.45) is 1.60. The molecule has 3 aromatic rings. The van der Waals surface area contributed by atoms with E-state index in [0.29, 0.717) is 4.88 Å². The molecule has 6 nitrogen and oxygen atoms in total. The Balaban J connectivity index is 1.56. The third kappa shape index (κ3) is 3.52. The number of aromatic amines is 1. The zero-order valence-corrected chi connectivity index (χ0v) is 13.8. The molecule has 0 fully saturated rings. The van der Waals surface area contributed by atoms with Gasteiger partial charge in [0.2, 0.25) is 0 Å². The van der Waals surface area contributed by atoms with Crippen molar-refractivity contribution in [1.29, 1.82) is 0 Å². The number of hydrazone groups is 1. The van der Waals surface area contributed by atoms with Crippen molar-refractivity contribution in [3.8, 4) is 0 Å². The van der Waals surface area contributed by atoms with Crippen LogP contribution in [0.5, 0.6) is 0 Å². The highest BCUT2D eigenvalue weighted by Gasteiger charge is 2.08. The fourth-order valence-electron chi connectivity index (χ4n) is 2.33. The van der Waals surface area contributed by atoms with Gasteiger partial charge in [0.15, 0.2) is 0 Å². The molecule has 3 N–H and O–H groups in total. The first-order valence-electron chi connectivity index (χ1n) is 7.36. The normalized spacial score (nSPS) is 11.0. The molecule has 0 spiro atoms. The molecule has 7 heteroatoms. The minimum atomic E-state index is -0.381. The van der Waals surface area contributed by atoms with Crippen LogP contribution in [0, 0.1) is 6.92 Å². The molecule has 122 valence electrons. The van der Waals surface area contributed by atoms with Gasteiger partial charge in [0.1, 0.15) is 0 Å². The quantitative estimate of drug-likeness (QED) is 0.492. The number of rotatable bonds is 5. The average molecular weight is 340 g/mol. The molecule has 3 rings (SSSR count). The van der Waals surface area contributed by atoms with Crippen LogP contribution in [0.3, 0.4) is 0 Å². The first-order chi connectivity index (χ1) is 11.6. The highest BCUT2D eigenvalue weighted by Crippen LogP contribution is 2.19. The number of hydrogen-bond donors (Lipinski definition) is 3. The van der Waals surface area contributed by atoms with E-state index in [1.54, 1.807) is 18.3 Å². The number of amides is 2. The largest absolute Gasteiger partial charge is 0.358 e. The molecule has 0 saturated heterocycles. The van der Waals surface area contributed by atoms with Gasteiger partial charge in [-0.05, 0) is 24.4 Å². The van der Waals surface area contributed by atoms with Gasteiger partial charge >= 0.3 is 0 Å². The Hall–Kier alpha value is -2.93. The smallest absolute Gasteiger partial charge is 0.261 e. The number of carbonyl (C=O) groups is 2. The summed E-state index contributed by atoms with van der Waals surface area (Å²) >= 11 is 1.32. The molecule has 0 saturated carbocycles. The SMILES string of the molecule is Cc1[nH]c2ccccc2c1/C=N\NC(=O)CNC(=O)c1cccs1. The summed E-state index contributed by atoms with van der Waals surface area (Å²) in [6, 6.07) is 11.4. The van der Waals surface area contributed by atoms with Gasteiger partial charge in [-0.1, -0.05) is 24.3 Å². The second-order valence-electron chi connectivity index (χ2n) is 5.16. The molecule has 1 aromatic carbocycles. The Bertz CT molecular complexity index is 897. The Morgan fingerprint density at radius 1 is 1.25 bits per heavy atom. The van der Waals surface area contributed by atoms with Gasteiger partial charge in [-0.2, -0.15) is 5.10 Å². The number of hydrogen-bond acceptors (Lipinski definition) is 4. The van der Waals surface area contributed by atoms with Crippen LogP contribution < -0.4 is 10.7 Å². The summed E-state index contributed by atoms with van der Waals surface area (Å²) in [6.45, 7) is 1.82. The van der Waals surface area contributed by atoms with Gasteiger partial charge in [0.05, 0.1) is 17.6 Å². The summed E-state index contributed by atoms with van der Waals surface area (Å²) in [5.74, 6) is -0.648. The molecular weight excluding hydrogens is 324 g/mol. The third-order valence-electron chi connectivity index (χ3n) is 3.48. The molecule has 0 radical (unpaired) electrons. The Morgan fingerprint density at radius 3 is 2.88 bits per heavy atom. The van der Waals surface area contributed by atoms with Crippen molar-refractivity contribution in [2.75, 3.05) is 6.54 Å². The molecular formula is C17H16N4O2S. The molecule has 2 aromatic heterocycles. The van der Waals surface area contributed by atoms with Crippen LogP contribution in [-0.4, -0.2) is 29.6 Å². The summed E-state index contributed by atoms with van der Waals surface area (Å²) in [5.41, 5.74) is 5.34. The lowest BCUT2D eigenvalue weighted by Gasteiger charge is -2.02. The van der Waals surface area contributed by atoms with Crippen LogP contribution in [0.1, 0.15) is 20.9 Å². The van der Waals surface area contributed by atoms with Crippen molar-refractivity contribution < 1.29 is 9.59 Å². The number of fused-ring (bicyclic) bond motifs is 1. The predicted molar refractivity (Wildman–Crippen MR) is 95.4 cm³/mol. The molecule has 2 heterocycles. The highest BCUT2D eigenvalue weighted by molar-refractivity contribution is 7.12. The Morgan fingerprint density at radius 2 is 2.08 bits per heavy atom. The van der Waals surface area contributed by atoms with E-state index in [2.05, 4.69) is 20.8 Å². The third-order valence-corrected chi connectivity index (χ3v) is 4.35. The predicted octanol–water partition coefficient (Wildman–Crippen LogP) is 2.42. The van der Waals surface area contributed by atoms with Gasteiger partial charge in [0, 0.05) is 22.2 Å². The van der Waals surface area contributed by atoms with E-state index >= 15 is 0 Å². The number of thiophene rings is 1. The van der Waals surface area contributed by atoms with E-state index in [0.717, 1.165) is 22.2 Å². The van der Waals surface area contributed by atoms with Gasteiger partial charge in [-0.25, -0.2) is 5.43 Å². The van der Waals surface area contributed by atoms with Crippen LogP contribution in [0.15, 0.2) is 46.9 Å². The number of para-hydroxylation sites is 1. The lowest BCUT2D eigenvalue weighted by Crippen LogP contribution is -2.34. The standard InChI is InChI=1S/C17H16N4O2S/c1-11-13(12-5-2-3-6-14(12)20-11)9-19-21-16(22)10-18-17(23)15-7-4-8-24-15/h2-9,20H,10H2,1H3,(H,18,23)(H,21,22)/b19-9-. The molecule has 24 heavy (non-hydrogen) atoms. The summed E-state index contributed by atoms with van der Waals surface area (Å²) in [7, 11) is 0. The van der Waals surface area contributed by atoms with E-state index in [-0.39, 0.29) is 18.4 Å². The number of nitrogens with zero attached hydrogens (tertiary/aromatic N) is 1. The van der Waals surface area contributed by atoms with Crippen molar-refractivity contribution >= 4 is 40.3 Å². The maximum Gasteiger partial charge on any atom is 0.261 e. The van der Waals surface area contributed by atoms with Crippen LogP contribution in [0.25, 0.3) is 10.9 Å². The summed E-state index contributed by atoms with van der Waals surface area (Å²) in [4.78, 5) is 27.3. The Labute approximate surface area is 142 Å². The van der Waals surface area contributed by atoms with Crippen LogP contribution in [0.4, 0.5) is 0 Å². The minimum absolute atomic E-state index is 0.124. The molecule has 0 bridgehead atoms. The molecule has 0 unspecified atom stereocenters. The van der Waals surface area contributed by atoms with E-state index in [9.17, 15) is 9.59 Å². The first-order valence-corrected chi connectivity index (χ1v) is 8.24. The average Bonchev–Trinajstić information content (AvgIpc) is 3.21. The van der Waals surface area contributed by atoms with Gasteiger partial charge in [0.25, 0.3) is 11.8 Å². The van der Waals surface area contributed by atoms with E-state index < -0.39 is 0 Å². The second kappa shape index (κ2) is 7.10. The maximum atomic E-state index is 11.8. The zero-order chi connectivity index (χ0) is 16.9. The molecule has 0 aliphatic carbocycles. The van der Waals surface area contributed by atoms with Crippen LogP contribution in [0.2, 0.25) is 0 Å². The number of benzene rings is 1. The first kappa shape index (κ1) is 15.9. The van der Waals surface area contributed by atoms with E-state index in [1.807, 2.05) is 36.6 Å². The monoisotopic (exact) mass is 340 g/mol. The number of aromatic nitrogens is 1. The van der Waals surface area contributed by atoms with Gasteiger partial charge in [-0.15, -0.1) is 11.3 Å². The lowest BCUT2D eigenvalue weighted by atomic mass is 10.1. The molecule has 0 aliphatic heterocycles. The molecule has 0 atom stereocenters. The molecule has 0 aliphatic rings. The summed E-state index contributed by atoms with van der Waals surface area (Å²) in [5, 5.41) is 9.37. The number of carbonyl (C=O) groups excluding carboxylic acids is 2. The van der Waals surface area contributed by atoms with E-state index in [4.69, 9.17) is 0 Å². The van der Waals surface area contributed by atoms with Crippen molar-refractivity contribution in [2.45, 2.75) is 6.92 Å². The van der Waals surface area contributed by atoms with Crippen molar-refractivity contribution in [3.63, 3.8) is 0 Å². The molecule has 2 amide bonds.